The molecule has 0 bridgehead atoms. The number of rotatable bonds is 7. The largest absolute Gasteiger partial charge is 0.361 e. The summed E-state index contributed by atoms with van der Waals surface area (Å²) >= 11 is 1.51. The molecule has 1 aliphatic rings. The minimum absolute atomic E-state index is 0.241. The van der Waals surface area contributed by atoms with Crippen molar-refractivity contribution in [1.29, 1.82) is 0 Å². The highest BCUT2D eigenvalue weighted by Gasteiger charge is 2.31. The molecule has 4 rings (SSSR count). The lowest BCUT2D eigenvalue weighted by molar-refractivity contribution is 0.102. The molecule has 2 atom stereocenters. The number of thioether (sulfide) groups is 1. The summed E-state index contributed by atoms with van der Waals surface area (Å²) in [5.41, 5.74) is 1.89. The van der Waals surface area contributed by atoms with Crippen LogP contribution in [0, 0.1) is 18.8 Å². The second-order valence-electron chi connectivity index (χ2n) is 8.96. The first-order valence-electron chi connectivity index (χ1n) is 11.3. The van der Waals surface area contributed by atoms with Crippen molar-refractivity contribution in [2.24, 2.45) is 11.8 Å². The van der Waals surface area contributed by atoms with Crippen LogP contribution in [0.15, 0.2) is 68.9 Å². The summed E-state index contributed by atoms with van der Waals surface area (Å²) < 4.78 is 32.9. The van der Waals surface area contributed by atoms with E-state index in [1.165, 1.54) is 11.8 Å². The number of sulfonamides is 1. The normalized spacial score (nSPS) is 19.1. The van der Waals surface area contributed by atoms with Crippen molar-refractivity contribution in [3.8, 4) is 0 Å². The second kappa shape index (κ2) is 10.3. The molecule has 1 amide bonds. The molecule has 9 heteroatoms. The van der Waals surface area contributed by atoms with Crippen molar-refractivity contribution in [2.75, 3.05) is 18.4 Å². The fourth-order valence-corrected chi connectivity index (χ4v) is 6.89. The summed E-state index contributed by atoms with van der Waals surface area (Å²) in [5.74, 6) is 1.75. The molecule has 0 radical (unpaired) electrons. The topological polar surface area (TPSA) is 92.5 Å². The number of amides is 1. The predicted molar refractivity (Wildman–Crippen MR) is 133 cm³/mol. The number of hydrogen-bond acceptors (Lipinski definition) is 6. The molecular formula is C25H29N3O4S2. The summed E-state index contributed by atoms with van der Waals surface area (Å²) in [7, 11) is -3.56. The van der Waals surface area contributed by atoms with E-state index in [0.717, 1.165) is 22.8 Å². The van der Waals surface area contributed by atoms with Crippen molar-refractivity contribution < 1.29 is 17.7 Å². The number of benzene rings is 2. The molecule has 34 heavy (non-hydrogen) atoms. The molecular weight excluding hydrogens is 470 g/mol. The van der Waals surface area contributed by atoms with E-state index in [9.17, 15) is 13.2 Å². The van der Waals surface area contributed by atoms with Gasteiger partial charge in [0, 0.05) is 35.5 Å². The van der Waals surface area contributed by atoms with E-state index in [1.807, 2.05) is 31.2 Å². The zero-order chi connectivity index (χ0) is 24.3. The van der Waals surface area contributed by atoms with Gasteiger partial charge in [0.2, 0.25) is 10.0 Å². The first kappa shape index (κ1) is 24.5. The Bertz CT molecular complexity index is 1250. The van der Waals surface area contributed by atoms with Crippen molar-refractivity contribution in [3.05, 3.63) is 71.6 Å². The molecule has 1 N–H and O–H groups in total. The predicted octanol–water partition coefficient (Wildman–Crippen LogP) is 5.19. The zero-order valence-electron chi connectivity index (χ0n) is 19.5. The lowest BCUT2D eigenvalue weighted by atomic mass is 9.94. The van der Waals surface area contributed by atoms with Gasteiger partial charge in [0.1, 0.15) is 5.76 Å². The first-order chi connectivity index (χ1) is 16.2. The van der Waals surface area contributed by atoms with E-state index in [2.05, 4.69) is 24.3 Å². The fourth-order valence-electron chi connectivity index (χ4n) is 4.28. The van der Waals surface area contributed by atoms with Crippen LogP contribution in [0.3, 0.4) is 0 Å². The molecule has 0 spiro atoms. The molecule has 2 aromatic carbocycles. The Balaban J connectivity index is 1.44. The van der Waals surface area contributed by atoms with Gasteiger partial charge in [-0.2, -0.15) is 4.31 Å². The number of carbonyl (C=O) groups is 1. The minimum Gasteiger partial charge on any atom is -0.361 e. The van der Waals surface area contributed by atoms with E-state index in [-0.39, 0.29) is 10.8 Å². The van der Waals surface area contributed by atoms with E-state index in [0.29, 0.717) is 41.9 Å². The van der Waals surface area contributed by atoms with Crippen molar-refractivity contribution in [3.63, 3.8) is 0 Å². The Kier molecular flexibility index (Phi) is 7.45. The molecule has 2 unspecified atom stereocenters. The fraction of sp³-hybridized carbons (Fsp3) is 0.360. The number of anilines is 1. The van der Waals surface area contributed by atoms with Crippen molar-refractivity contribution >= 4 is 33.4 Å². The number of carbonyl (C=O) groups excluding carboxylic acids is 1. The van der Waals surface area contributed by atoms with Crippen LogP contribution >= 0.6 is 11.8 Å². The van der Waals surface area contributed by atoms with E-state index < -0.39 is 10.0 Å². The van der Waals surface area contributed by atoms with Crippen LogP contribution in [0.4, 0.5) is 5.69 Å². The maximum atomic E-state index is 13.1. The number of nitrogens with zero attached hydrogens (tertiary/aromatic N) is 2. The number of piperidine rings is 1. The summed E-state index contributed by atoms with van der Waals surface area (Å²) in [6, 6.07) is 15.6. The molecule has 2 heterocycles. The van der Waals surface area contributed by atoms with Gasteiger partial charge in [-0.05, 0) is 61.6 Å². The van der Waals surface area contributed by atoms with Crippen LogP contribution in [-0.4, -0.2) is 36.9 Å². The smallest absolute Gasteiger partial charge is 0.256 e. The van der Waals surface area contributed by atoms with Gasteiger partial charge < -0.3 is 9.84 Å². The van der Waals surface area contributed by atoms with E-state index in [1.54, 1.807) is 34.6 Å². The van der Waals surface area contributed by atoms with Gasteiger partial charge in [0.25, 0.3) is 5.91 Å². The molecule has 1 fully saturated rings. The minimum atomic E-state index is -3.56. The highest BCUT2D eigenvalue weighted by atomic mass is 32.2. The second-order valence-corrected chi connectivity index (χ2v) is 11.9. The number of aromatic nitrogens is 1. The third-order valence-corrected chi connectivity index (χ3v) is 8.72. The SMILES string of the molecule is Cc1cc(CSc2ccccc2C(=O)Nc2ccc(S(=O)(=O)N3CC(C)CC(C)C3)cc2)no1. The van der Waals surface area contributed by atoms with Gasteiger partial charge >= 0.3 is 0 Å². The van der Waals surface area contributed by atoms with Crippen molar-refractivity contribution in [2.45, 2.75) is 42.7 Å². The molecule has 1 aliphatic heterocycles. The van der Waals surface area contributed by atoms with E-state index in [4.69, 9.17) is 4.52 Å². The highest BCUT2D eigenvalue weighted by molar-refractivity contribution is 7.98. The molecule has 7 nitrogen and oxygen atoms in total. The maximum Gasteiger partial charge on any atom is 0.256 e. The lowest BCUT2D eigenvalue weighted by Crippen LogP contribution is -2.42. The van der Waals surface area contributed by atoms with Gasteiger partial charge in [-0.1, -0.05) is 31.1 Å². The standard InChI is InChI=1S/C25H29N3O4S2/c1-17-12-18(2)15-28(14-17)34(30,31)22-10-8-20(9-11-22)26-25(29)23-6-4-5-7-24(23)33-16-21-13-19(3)32-27-21/h4-11,13,17-18H,12,14-16H2,1-3H3,(H,26,29). The maximum absolute atomic E-state index is 13.1. The molecule has 0 saturated carbocycles. The van der Waals surface area contributed by atoms with E-state index >= 15 is 0 Å². The Labute approximate surface area is 205 Å². The highest BCUT2D eigenvalue weighted by Crippen LogP contribution is 2.29. The van der Waals surface area contributed by atoms with Crippen molar-refractivity contribution in [1.82, 2.24) is 9.46 Å². The van der Waals surface area contributed by atoms with Gasteiger partial charge in [0.05, 0.1) is 16.2 Å². The molecule has 1 saturated heterocycles. The Morgan fingerprint density at radius 1 is 1.12 bits per heavy atom. The summed E-state index contributed by atoms with van der Waals surface area (Å²) in [4.78, 5) is 14.0. The first-order valence-corrected chi connectivity index (χ1v) is 13.7. The molecule has 3 aromatic rings. The van der Waals surface area contributed by atoms with Gasteiger partial charge in [-0.15, -0.1) is 11.8 Å². The van der Waals surface area contributed by atoms with Gasteiger partial charge in [-0.3, -0.25) is 4.79 Å². The summed E-state index contributed by atoms with van der Waals surface area (Å²) in [6.07, 6.45) is 1.04. The average molecular weight is 500 g/mol. The number of hydrogen-bond donors (Lipinski definition) is 1. The van der Waals surface area contributed by atoms with Crippen LogP contribution < -0.4 is 5.32 Å². The Morgan fingerprint density at radius 2 is 1.79 bits per heavy atom. The third-order valence-electron chi connectivity index (χ3n) is 5.77. The van der Waals surface area contributed by atoms with Gasteiger partial charge in [0.15, 0.2) is 0 Å². The third kappa shape index (κ3) is 5.71. The van der Waals surface area contributed by atoms with Crippen LogP contribution in [0.25, 0.3) is 0 Å². The summed E-state index contributed by atoms with van der Waals surface area (Å²) in [6.45, 7) is 7.08. The van der Waals surface area contributed by atoms with Crippen LogP contribution in [0.2, 0.25) is 0 Å². The average Bonchev–Trinajstić information content (AvgIpc) is 3.22. The van der Waals surface area contributed by atoms with Crippen LogP contribution in [0.1, 0.15) is 42.1 Å². The molecule has 180 valence electrons. The van der Waals surface area contributed by atoms with Crippen LogP contribution in [0.5, 0.6) is 0 Å². The van der Waals surface area contributed by atoms with Gasteiger partial charge in [-0.25, -0.2) is 8.42 Å². The van der Waals surface area contributed by atoms with Crippen LogP contribution in [-0.2, 0) is 15.8 Å². The monoisotopic (exact) mass is 499 g/mol. The molecule has 0 aliphatic carbocycles. The Hall–Kier alpha value is -2.62. The lowest BCUT2D eigenvalue weighted by Gasteiger charge is -2.34. The summed E-state index contributed by atoms with van der Waals surface area (Å²) in [5, 5.41) is 6.87. The quantitative estimate of drug-likeness (QED) is 0.450. The Morgan fingerprint density at radius 3 is 2.44 bits per heavy atom. The molecule has 1 aromatic heterocycles. The zero-order valence-corrected chi connectivity index (χ0v) is 21.2. The number of aryl methyl sites for hydroxylation is 1. The number of nitrogens with one attached hydrogen (secondary N) is 1.